The van der Waals surface area contributed by atoms with Crippen LogP contribution in [0.15, 0.2) is 48.7 Å². The number of nitrogens with zero attached hydrogens (tertiary/aromatic N) is 2. The molecule has 1 aliphatic rings. The van der Waals surface area contributed by atoms with Crippen molar-refractivity contribution in [2.75, 3.05) is 38.6 Å². The smallest absolute Gasteiger partial charge is 0.309 e. The molecule has 0 aliphatic carbocycles. The van der Waals surface area contributed by atoms with Gasteiger partial charge in [0.2, 0.25) is 0 Å². The number of nitrogens with one attached hydrogen (secondary N) is 3. The molecule has 1 aromatic heterocycles. The number of carbonyl (C=O) groups excluding carboxylic acids is 2. The molecule has 2 amide bonds. The van der Waals surface area contributed by atoms with E-state index in [2.05, 4.69) is 44.8 Å². The van der Waals surface area contributed by atoms with Crippen molar-refractivity contribution in [2.24, 2.45) is 0 Å². The molecule has 3 N–H and O–H groups in total. The Morgan fingerprint density at radius 3 is 2.34 bits per heavy atom. The molecule has 2 heterocycles. The Labute approximate surface area is 172 Å². The molecule has 1 fully saturated rings. The summed E-state index contributed by atoms with van der Waals surface area (Å²) in [4.78, 5) is 32.1. The molecule has 29 heavy (non-hydrogen) atoms. The van der Waals surface area contributed by atoms with E-state index in [1.165, 1.54) is 23.3 Å². The number of aromatic nitrogens is 1. The number of amides is 2. The van der Waals surface area contributed by atoms with Crippen LogP contribution in [0, 0.1) is 0 Å². The highest BCUT2D eigenvalue weighted by atomic mass is 16.2. The van der Waals surface area contributed by atoms with E-state index in [1.54, 1.807) is 6.20 Å². The van der Waals surface area contributed by atoms with Gasteiger partial charge in [-0.15, -0.1) is 0 Å². The van der Waals surface area contributed by atoms with E-state index in [1.807, 2.05) is 32.3 Å². The molecule has 0 spiro atoms. The average molecular weight is 397 g/mol. The molecule has 3 rings (SSSR count). The number of carbonyl (C=O) groups is 2. The number of rotatable bonds is 7. The van der Waals surface area contributed by atoms with Gasteiger partial charge >= 0.3 is 11.8 Å². The van der Waals surface area contributed by atoms with Gasteiger partial charge in [0.15, 0.2) is 0 Å². The molecular weight excluding hydrogens is 366 g/mol. The van der Waals surface area contributed by atoms with Crippen molar-refractivity contribution in [1.82, 2.24) is 15.6 Å². The Hall–Kier alpha value is -2.93. The first-order chi connectivity index (χ1) is 14.0. The van der Waals surface area contributed by atoms with E-state index in [4.69, 9.17) is 0 Å². The summed E-state index contributed by atoms with van der Waals surface area (Å²) in [6, 6.07) is 14.0. The fraction of sp³-hybridized carbons (Fsp3) is 0.409. The van der Waals surface area contributed by atoms with E-state index < -0.39 is 11.8 Å². The van der Waals surface area contributed by atoms with Gasteiger partial charge in [-0.1, -0.05) is 18.2 Å². The Kier molecular flexibility index (Phi) is 7.19. The van der Waals surface area contributed by atoms with Crippen LogP contribution in [0.4, 0.5) is 5.69 Å². The lowest BCUT2D eigenvalue weighted by atomic mass is 10.0. The zero-order chi connectivity index (χ0) is 20.6. The van der Waals surface area contributed by atoms with Crippen LogP contribution in [-0.2, 0) is 16.1 Å². The minimum Gasteiger partial charge on any atom is -0.378 e. The monoisotopic (exact) mass is 396 g/mol. The molecule has 0 saturated carbocycles. The van der Waals surface area contributed by atoms with Gasteiger partial charge in [0.25, 0.3) is 0 Å². The zero-order valence-corrected chi connectivity index (χ0v) is 17.1. The fourth-order valence-corrected chi connectivity index (χ4v) is 3.71. The van der Waals surface area contributed by atoms with Gasteiger partial charge in [-0.3, -0.25) is 14.6 Å². The van der Waals surface area contributed by atoms with Crippen LogP contribution in [0.25, 0.3) is 0 Å². The van der Waals surface area contributed by atoms with E-state index in [-0.39, 0.29) is 12.6 Å². The van der Waals surface area contributed by atoms with Crippen molar-refractivity contribution in [3.8, 4) is 0 Å². The Morgan fingerprint density at radius 1 is 1.03 bits per heavy atom. The molecule has 7 nitrogen and oxygen atoms in total. The fourth-order valence-electron chi connectivity index (χ4n) is 3.71. The number of anilines is 1. The van der Waals surface area contributed by atoms with Crippen LogP contribution in [0.3, 0.4) is 0 Å². The van der Waals surface area contributed by atoms with Crippen LogP contribution < -0.4 is 20.4 Å². The lowest BCUT2D eigenvalue weighted by Gasteiger charge is -2.25. The normalized spacial score (nSPS) is 15.0. The van der Waals surface area contributed by atoms with Crippen LogP contribution in [0.1, 0.15) is 30.1 Å². The summed E-state index contributed by atoms with van der Waals surface area (Å²) in [5.41, 5.74) is 3.04. The van der Waals surface area contributed by atoms with E-state index in [9.17, 15) is 9.59 Å². The number of benzene rings is 1. The molecule has 1 saturated heterocycles. The van der Waals surface area contributed by atoms with Gasteiger partial charge in [-0.2, -0.15) is 0 Å². The first kappa shape index (κ1) is 20.8. The van der Waals surface area contributed by atoms with Gasteiger partial charge in [0.05, 0.1) is 31.9 Å². The number of hydrogen-bond acceptors (Lipinski definition) is 4. The molecule has 7 heteroatoms. The summed E-state index contributed by atoms with van der Waals surface area (Å²) in [7, 11) is 4.03. The maximum absolute atomic E-state index is 12.3. The largest absolute Gasteiger partial charge is 0.378 e. The first-order valence-electron chi connectivity index (χ1n) is 10.1. The number of hydrogen-bond donors (Lipinski definition) is 3. The number of pyridine rings is 1. The van der Waals surface area contributed by atoms with Gasteiger partial charge in [0, 0.05) is 44.4 Å². The van der Waals surface area contributed by atoms with E-state index in [0.29, 0.717) is 12.2 Å². The van der Waals surface area contributed by atoms with Crippen molar-refractivity contribution >= 4 is 17.5 Å². The highest BCUT2D eigenvalue weighted by Gasteiger charge is 2.28. The molecular formula is C22H30N5O2+. The summed E-state index contributed by atoms with van der Waals surface area (Å²) < 4.78 is 0. The maximum atomic E-state index is 12.3. The van der Waals surface area contributed by atoms with Gasteiger partial charge in [0.1, 0.15) is 6.04 Å². The molecule has 1 aliphatic heterocycles. The summed E-state index contributed by atoms with van der Waals surface area (Å²) in [6.45, 7) is 2.84. The summed E-state index contributed by atoms with van der Waals surface area (Å²) >= 11 is 0. The predicted octanol–water partition coefficient (Wildman–Crippen LogP) is 0.300. The topological polar surface area (TPSA) is 78.8 Å². The molecule has 0 unspecified atom stereocenters. The number of likely N-dealkylation sites (tertiary alicyclic amines) is 1. The first-order valence-corrected chi connectivity index (χ1v) is 10.1. The lowest BCUT2D eigenvalue weighted by molar-refractivity contribution is -0.918. The zero-order valence-electron chi connectivity index (χ0n) is 17.1. The third-order valence-electron chi connectivity index (χ3n) is 5.38. The van der Waals surface area contributed by atoms with Crippen LogP contribution >= 0.6 is 0 Å². The molecule has 0 bridgehead atoms. The molecule has 1 aromatic carbocycles. The van der Waals surface area contributed by atoms with E-state index in [0.717, 1.165) is 18.8 Å². The van der Waals surface area contributed by atoms with Crippen LogP contribution in [0.5, 0.6) is 0 Å². The number of quaternary nitrogens is 1. The second kappa shape index (κ2) is 10.0. The second-order valence-electron chi connectivity index (χ2n) is 7.62. The Bertz CT molecular complexity index is 802. The van der Waals surface area contributed by atoms with Crippen molar-refractivity contribution in [3.05, 3.63) is 59.9 Å². The van der Waals surface area contributed by atoms with E-state index >= 15 is 0 Å². The molecule has 0 radical (unpaired) electrons. The van der Waals surface area contributed by atoms with Gasteiger partial charge < -0.3 is 20.4 Å². The summed E-state index contributed by atoms with van der Waals surface area (Å²) in [6.07, 6.45) is 4.05. The highest BCUT2D eigenvalue weighted by molar-refractivity contribution is 6.35. The Morgan fingerprint density at radius 2 is 1.72 bits per heavy atom. The molecule has 154 valence electrons. The SMILES string of the molecule is CN(C)c1ccc([C@H](CNC(=O)C(=O)NCc2ccccn2)[NH+]2CCCC2)cc1. The highest BCUT2D eigenvalue weighted by Crippen LogP contribution is 2.17. The summed E-state index contributed by atoms with van der Waals surface area (Å²) in [5, 5.41) is 5.45. The van der Waals surface area contributed by atoms with Gasteiger partial charge in [-0.05, 0) is 24.3 Å². The minimum absolute atomic E-state index is 0.140. The maximum Gasteiger partial charge on any atom is 0.309 e. The quantitative estimate of drug-likeness (QED) is 0.589. The predicted molar refractivity (Wildman–Crippen MR) is 113 cm³/mol. The lowest BCUT2D eigenvalue weighted by Crippen LogP contribution is -3.11. The average Bonchev–Trinajstić information content (AvgIpc) is 3.27. The van der Waals surface area contributed by atoms with Crippen LogP contribution in [-0.4, -0.2) is 50.5 Å². The van der Waals surface area contributed by atoms with Crippen molar-refractivity contribution in [3.63, 3.8) is 0 Å². The van der Waals surface area contributed by atoms with Crippen molar-refractivity contribution < 1.29 is 14.5 Å². The van der Waals surface area contributed by atoms with Crippen LogP contribution in [0.2, 0.25) is 0 Å². The van der Waals surface area contributed by atoms with Gasteiger partial charge in [-0.25, -0.2) is 0 Å². The molecule has 2 aromatic rings. The molecule has 1 atom stereocenters. The third kappa shape index (κ3) is 5.77. The minimum atomic E-state index is -0.631. The standard InChI is InChI=1S/C22H29N5O2/c1-26(2)19-10-8-17(9-11-19)20(27-13-5-6-14-27)16-25-22(29)21(28)24-15-18-7-3-4-12-23-18/h3-4,7-12,20H,5-6,13-16H2,1-2H3,(H,24,28)(H,25,29)/p+1/t20-/m0/s1. The second-order valence-corrected chi connectivity index (χ2v) is 7.62. The van der Waals surface area contributed by atoms with Crippen molar-refractivity contribution in [2.45, 2.75) is 25.4 Å². The Balaban J connectivity index is 1.59. The third-order valence-corrected chi connectivity index (χ3v) is 5.38. The van der Waals surface area contributed by atoms with Crippen molar-refractivity contribution in [1.29, 1.82) is 0 Å². The summed E-state index contributed by atoms with van der Waals surface area (Å²) in [5.74, 6) is -1.23.